The molecule has 4 heteroatoms. The standard InChI is InChI=1S/C14H8O2.C2H4O2/c15-13-9-5-1-2-6-10(9)14(16)12-8-4-3-7-11(12)13;1-2(3)4/h1-8H;1H3,(H,3,4). The maximum Gasteiger partial charge on any atom is 0.300 e. The number of hydrogen-bond donors (Lipinski definition) is 1. The average molecular weight is 268 g/mol. The number of rotatable bonds is 0. The Hall–Kier alpha value is -2.75. The van der Waals surface area contributed by atoms with Crippen LogP contribution in [0.15, 0.2) is 48.5 Å². The van der Waals surface area contributed by atoms with E-state index in [4.69, 9.17) is 9.90 Å². The number of carbonyl (C=O) groups excluding carboxylic acids is 2. The van der Waals surface area contributed by atoms with Gasteiger partial charge >= 0.3 is 0 Å². The van der Waals surface area contributed by atoms with Crippen LogP contribution in [-0.4, -0.2) is 22.6 Å². The fraction of sp³-hybridized carbons (Fsp3) is 0.0625. The predicted octanol–water partition coefficient (Wildman–Crippen LogP) is 2.55. The van der Waals surface area contributed by atoms with E-state index >= 15 is 0 Å². The summed E-state index contributed by atoms with van der Waals surface area (Å²) in [6.07, 6.45) is 0. The van der Waals surface area contributed by atoms with Crippen LogP contribution in [0.5, 0.6) is 0 Å². The molecule has 0 atom stereocenters. The average Bonchev–Trinajstić information content (AvgIpc) is 2.44. The molecule has 0 saturated heterocycles. The number of carboxylic acid groups (broad SMARTS) is 1. The van der Waals surface area contributed by atoms with Gasteiger partial charge in [-0.1, -0.05) is 48.5 Å². The Bertz CT molecular complexity index is 592. The van der Waals surface area contributed by atoms with Crippen LogP contribution in [0, 0.1) is 0 Å². The van der Waals surface area contributed by atoms with Crippen molar-refractivity contribution in [3.63, 3.8) is 0 Å². The van der Waals surface area contributed by atoms with Crippen molar-refractivity contribution in [1.82, 2.24) is 0 Å². The Balaban J connectivity index is 0.000000328. The first-order chi connectivity index (χ1) is 9.52. The van der Waals surface area contributed by atoms with Crippen LogP contribution >= 0.6 is 0 Å². The lowest BCUT2D eigenvalue weighted by atomic mass is 9.84. The zero-order valence-corrected chi connectivity index (χ0v) is 10.8. The summed E-state index contributed by atoms with van der Waals surface area (Å²) in [7, 11) is 0. The van der Waals surface area contributed by atoms with Gasteiger partial charge < -0.3 is 5.11 Å². The van der Waals surface area contributed by atoms with Crippen LogP contribution < -0.4 is 0 Å². The van der Waals surface area contributed by atoms with Gasteiger partial charge in [-0.3, -0.25) is 14.4 Å². The second-order valence-corrected chi connectivity index (χ2v) is 4.27. The lowest BCUT2D eigenvalue weighted by Crippen LogP contribution is -2.20. The number of benzene rings is 2. The first-order valence-corrected chi connectivity index (χ1v) is 5.99. The topological polar surface area (TPSA) is 71.4 Å². The molecule has 1 aliphatic rings. The molecule has 0 unspecified atom stereocenters. The molecule has 0 fully saturated rings. The normalized spacial score (nSPS) is 11.8. The smallest absolute Gasteiger partial charge is 0.300 e. The zero-order chi connectivity index (χ0) is 14.7. The Labute approximate surface area is 115 Å². The first-order valence-electron chi connectivity index (χ1n) is 5.99. The van der Waals surface area contributed by atoms with Gasteiger partial charge in [-0.15, -0.1) is 0 Å². The fourth-order valence-electron chi connectivity index (χ4n) is 2.05. The van der Waals surface area contributed by atoms with Gasteiger partial charge in [0, 0.05) is 29.2 Å². The van der Waals surface area contributed by atoms with E-state index < -0.39 is 5.97 Å². The monoisotopic (exact) mass is 268 g/mol. The second-order valence-electron chi connectivity index (χ2n) is 4.27. The minimum atomic E-state index is -0.833. The Morgan fingerprint density at radius 2 is 0.950 bits per heavy atom. The van der Waals surface area contributed by atoms with Gasteiger partial charge in [-0.25, -0.2) is 0 Å². The number of fused-ring (bicyclic) bond motifs is 2. The van der Waals surface area contributed by atoms with Crippen molar-refractivity contribution in [3.8, 4) is 0 Å². The van der Waals surface area contributed by atoms with E-state index in [1.54, 1.807) is 48.5 Å². The maximum atomic E-state index is 12.1. The predicted molar refractivity (Wildman–Crippen MR) is 73.1 cm³/mol. The Morgan fingerprint density at radius 3 is 1.15 bits per heavy atom. The number of carboxylic acids is 1. The van der Waals surface area contributed by atoms with Crippen molar-refractivity contribution < 1.29 is 19.5 Å². The summed E-state index contributed by atoms with van der Waals surface area (Å²) in [6, 6.07) is 13.9. The second kappa shape index (κ2) is 5.48. The summed E-state index contributed by atoms with van der Waals surface area (Å²) in [5.74, 6) is -0.961. The molecule has 1 aliphatic carbocycles. The van der Waals surface area contributed by atoms with Crippen molar-refractivity contribution in [2.45, 2.75) is 6.92 Å². The molecule has 2 aromatic rings. The van der Waals surface area contributed by atoms with E-state index in [1.165, 1.54) is 0 Å². The molecule has 0 spiro atoms. The third-order valence-corrected chi connectivity index (χ3v) is 2.83. The Kier molecular flexibility index (Phi) is 3.75. The van der Waals surface area contributed by atoms with Gasteiger partial charge in [0.15, 0.2) is 11.6 Å². The van der Waals surface area contributed by atoms with Crippen LogP contribution in [0.25, 0.3) is 0 Å². The summed E-state index contributed by atoms with van der Waals surface area (Å²) in [5.41, 5.74) is 2.02. The molecule has 0 saturated carbocycles. The highest BCUT2D eigenvalue weighted by Gasteiger charge is 2.28. The fourth-order valence-corrected chi connectivity index (χ4v) is 2.05. The molecule has 20 heavy (non-hydrogen) atoms. The molecule has 100 valence electrons. The molecule has 3 rings (SSSR count). The minimum absolute atomic E-state index is 0.0641. The van der Waals surface area contributed by atoms with Crippen molar-refractivity contribution >= 4 is 17.5 Å². The highest BCUT2D eigenvalue weighted by molar-refractivity contribution is 6.28. The van der Waals surface area contributed by atoms with Gasteiger partial charge in [0.2, 0.25) is 0 Å². The van der Waals surface area contributed by atoms with Crippen LogP contribution in [0.1, 0.15) is 38.8 Å². The van der Waals surface area contributed by atoms with Crippen molar-refractivity contribution in [2.24, 2.45) is 0 Å². The Morgan fingerprint density at radius 1 is 0.750 bits per heavy atom. The van der Waals surface area contributed by atoms with E-state index in [0.717, 1.165) is 6.92 Å². The highest BCUT2D eigenvalue weighted by Crippen LogP contribution is 2.26. The van der Waals surface area contributed by atoms with Gasteiger partial charge in [-0.2, -0.15) is 0 Å². The SMILES string of the molecule is CC(=O)O.O=C1c2ccccc2C(=O)c2ccccc21. The highest BCUT2D eigenvalue weighted by atomic mass is 16.4. The quantitative estimate of drug-likeness (QED) is 0.680. The van der Waals surface area contributed by atoms with Crippen LogP contribution in [0.2, 0.25) is 0 Å². The third kappa shape index (κ3) is 2.49. The largest absolute Gasteiger partial charge is 0.481 e. The van der Waals surface area contributed by atoms with Gasteiger partial charge in [0.25, 0.3) is 5.97 Å². The molecule has 0 heterocycles. The summed E-state index contributed by atoms with van der Waals surface area (Å²) < 4.78 is 0. The lowest BCUT2D eigenvalue weighted by Gasteiger charge is -2.16. The summed E-state index contributed by atoms with van der Waals surface area (Å²) in [4.78, 5) is 33.2. The number of aliphatic carboxylic acids is 1. The molecule has 1 N–H and O–H groups in total. The summed E-state index contributed by atoms with van der Waals surface area (Å²) >= 11 is 0. The van der Waals surface area contributed by atoms with Crippen LogP contribution in [-0.2, 0) is 4.79 Å². The van der Waals surface area contributed by atoms with Crippen molar-refractivity contribution in [3.05, 3.63) is 70.8 Å². The van der Waals surface area contributed by atoms with Crippen molar-refractivity contribution in [2.75, 3.05) is 0 Å². The van der Waals surface area contributed by atoms with Gasteiger partial charge in [-0.05, 0) is 0 Å². The molecular formula is C16H12O4. The summed E-state index contributed by atoms with van der Waals surface area (Å²) in [5, 5.41) is 7.42. The minimum Gasteiger partial charge on any atom is -0.481 e. The molecule has 0 radical (unpaired) electrons. The molecule has 4 nitrogen and oxygen atoms in total. The number of carbonyl (C=O) groups is 3. The van der Waals surface area contributed by atoms with E-state index in [0.29, 0.717) is 22.3 Å². The number of ketones is 2. The zero-order valence-electron chi connectivity index (χ0n) is 10.8. The lowest BCUT2D eigenvalue weighted by molar-refractivity contribution is -0.134. The van der Waals surface area contributed by atoms with Crippen LogP contribution in [0.4, 0.5) is 0 Å². The van der Waals surface area contributed by atoms with E-state index in [-0.39, 0.29) is 11.6 Å². The van der Waals surface area contributed by atoms with E-state index in [1.807, 2.05) is 0 Å². The number of hydrogen-bond acceptors (Lipinski definition) is 3. The maximum absolute atomic E-state index is 12.1. The first kappa shape index (κ1) is 13.7. The van der Waals surface area contributed by atoms with E-state index in [2.05, 4.69) is 0 Å². The van der Waals surface area contributed by atoms with Crippen LogP contribution in [0.3, 0.4) is 0 Å². The van der Waals surface area contributed by atoms with E-state index in [9.17, 15) is 9.59 Å². The molecule has 0 aromatic heterocycles. The molecule has 0 amide bonds. The van der Waals surface area contributed by atoms with Gasteiger partial charge in [0.1, 0.15) is 0 Å². The molecule has 2 aromatic carbocycles. The molecular weight excluding hydrogens is 256 g/mol. The molecule has 0 bridgehead atoms. The van der Waals surface area contributed by atoms with Gasteiger partial charge in [0.05, 0.1) is 0 Å². The van der Waals surface area contributed by atoms with Crippen molar-refractivity contribution in [1.29, 1.82) is 0 Å². The molecule has 0 aliphatic heterocycles. The third-order valence-electron chi connectivity index (χ3n) is 2.83. The summed E-state index contributed by atoms with van der Waals surface area (Å²) in [6.45, 7) is 1.08.